The molecule has 3 aromatic carbocycles. The first-order chi connectivity index (χ1) is 42.4. The molecule has 3 rings (SSSR count). The van der Waals surface area contributed by atoms with Crippen LogP contribution in [0.5, 0.6) is 5.75 Å². The van der Waals surface area contributed by atoms with Crippen molar-refractivity contribution < 1.29 is 68.1 Å². The van der Waals surface area contributed by atoms with E-state index in [9.17, 15) is 68.1 Å². The summed E-state index contributed by atoms with van der Waals surface area (Å²) in [6.45, 7) is 6.21. The van der Waals surface area contributed by atoms with Crippen molar-refractivity contribution >= 4 is 76.8 Å². The SMILES string of the molecule is CSCC[C@H](C)C(=O)N[C@@H](C)C(=O)N[C@@H](Cc1ccccc1)C(=O)N[C@@H](Cc1ccccc1)C(=O)N[C@@H](CO)C(=O)N[C@@H](CCC(=O)O)C(=O)N[C@@H](CCCCN)C(=O)N[C@@H](CCCCN)C(=O)N[C@@H](Cc1ccc(O)cc1)C(=O)N[C@@H](CC(C)C)C(N)=O. The first kappa shape index (κ1) is 75.1. The molecule has 0 aliphatic heterocycles. The number of benzene rings is 3. The van der Waals surface area contributed by atoms with E-state index < -0.39 is 139 Å². The van der Waals surface area contributed by atoms with Crippen molar-refractivity contribution in [2.24, 2.45) is 29.0 Å². The van der Waals surface area contributed by atoms with Gasteiger partial charge in [0.05, 0.1) is 6.61 Å². The largest absolute Gasteiger partial charge is 0.508 e. The van der Waals surface area contributed by atoms with Gasteiger partial charge in [-0.3, -0.25) is 52.7 Å². The number of phenols is 1. The molecule has 0 spiro atoms. The molecule has 0 fully saturated rings. The lowest BCUT2D eigenvalue weighted by Crippen LogP contribution is -2.61. The molecular weight excluding hydrogens is 1170 g/mol. The van der Waals surface area contributed by atoms with E-state index in [0.717, 1.165) is 5.75 Å². The molecule has 0 saturated heterocycles. The number of rotatable bonds is 42. The maximum atomic E-state index is 14.4. The Morgan fingerprint density at radius 1 is 0.449 bits per heavy atom. The number of primary amides is 1. The highest BCUT2D eigenvalue weighted by molar-refractivity contribution is 7.98. The van der Waals surface area contributed by atoms with Gasteiger partial charge in [-0.15, -0.1) is 0 Å². The Kier molecular flexibility index (Phi) is 34.1. The summed E-state index contributed by atoms with van der Waals surface area (Å²) in [5.41, 5.74) is 18.9. The predicted molar refractivity (Wildman–Crippen MR) is 336 cm³/mol. The number of aliphatic hydroxyl groups excluding tert-OH is 1. The molecule has 0 heterocycles. The summed E-state index contributed by atoms with van der Waals surface area (Å²) in [5, 5.41) is 53.7. The van der Waals surface area contributed by atoms with Gasteiger partial charge < -0.3 is 80.4 Å². The fourth-order valence-corrected chi connectivity index (χ4v) is 9.81. The van der Waals surface area contributed by atoms with Crippen LogP contribution in [0.4, 0.5) is 0 Å². The standard InChI is InChI=1S/C62H92N12O14S/c1-37(2)32-47(53(65)79)70-59(85)50(35-42-22-24-43(76)25-23-42)72-57(83)45(21-13-15-30-64)67-56(82)44(20-12-14-29-63)68-58(84)46(26-27-52(77)78)69-62(88)51(36-75)74-61(87)49(34-41-18-10-7-11-19-41)73-60(86)48(33-40-16-8-6-9-17-40)71-55(81)39(4)66-54(80)38(3)28-31-89-5/h6-11,16-19,22-25,37-39,44-51,75-76H,12-15,20-21,26-36,63-64H2,1-5H3,(H2,65,79)(H,66,80)(H,67,82)(H,68,84)(H,69,88)(H,70,85)(H,71,81)(H,72,83)(H,73,86)(H,74,87)(H,77,78)/t38-,39-,44-,45-,46-,47-,48-,49-,50-,51-/m0/s1. The Labute approximate surface area is 524 Å². The van der Waals surface area contributed by atoms with Crippen LogP contribution in [0.1, 0.15) is 109 Å². The number of carboxylic acid groups (broad SMARTS) is 1. The van der Waals surface area contributed by atoms with Gasteiger partial charge in [-0.2, -0.15) is 11.8 Å². The number of carbonyl (C=O) groups is 11. The molecule has 0 radical (unpaired) electrons. The topological polar surface area (TPSA) is 435 Å². The highest BCUT2D eigenvalue weighted by Gasteiger charge is 2.36. The van der Waals surface area contributed by atoms with Gasteiger partial charge in [-0.1, -0.05) is 93.6 Å². The first-order valence-corrected chi connectivity index (χ1v) is 31.4. The van der Waals surface area contributed by atoms with Crippen molar-refractivity contribution in [3.8, 4) is 5.75 Å². The summed E-state index contributed by atoms with van der Waals surface area (Å²) in [6.07, 6.45) is 2.37. The molecule has 0 aliphatic carbocycles. The number of carboxylic acids is 1. The monoisotopic (exact) mass is 1260 g/mol. The van der Waals surface area contributed by atoms with Crippen LogP contribution < -0.4 is 65.1 Å². The molecule has 0 aliphatic rings. The molecule has 0 bridgehead atoms. The summed E-state index contributed by atoms with van der Waals surface area (Å²) in [6, 6.07) is 10.4. The maximum absolute atomic E-state index is 14.4. The van der Waals surface area contributed by atoms with Gasteiger partial charge in [0.15, 0.2) is 0 Å². The molecule has 0 saturated carbocycles. The van der Waals surface area contributed by atoms with Crippen LogP contribution in [0.15, 0.2) is 84.9 Å². The van der Waals surface area contributed by atoms with Crippen LogP contribution in [0.2, 0.25) is 0 Å². The van der Waals surface area contributed by atoms with Crippen LogP contribution in [0.25, 0.3) is 0 Å². The zero-order chi connectivity index (χ0) is 66.0. The van der Waals surface area contributed by atoms with Gasteiger partial charge in [0.25, 0.3) is 0 Å². The van der Waals surface area contributed by atoms with Crippen LogP contribution in [-0.4, -0.2) is 166 Å². The second-order valence-electron chi connectivity index (χ2n) is 22.4. The Bertz CT molecular complexity index is 2770. The quantitative estimate of drug-likeness (QED) is 0.0328. The van der Waals surface area contributed by atoms with Crippen LogP contribution in [0, 0.1) is 11.8 Å². The molecular formula is C62H92N12O14S. The van der Waals surface area contributed by atoms with E-state index in [0.29, 0.717) is 42.4 Å². The maximum Gasteiger partial charge on any atom is 0.303 e. The number of nitrogens with one attached hydrogen (secondary N) is 9. The van der Waals surface area contributed by atoms with Gasteiger partial charge in [-0.25, -0.2) is 0 Å². The summed E-state index contributed by atoms with van der Waals surface area (Å²) < 4.78 is 0. The fraction of sp³-hybridized carbons (Fsp3) is 0.532. The van der Waals surface area contributed by atoms with E-state index >= 15 is 0 Å². The molecule has 26 nitrogen and oxygen atoms in total. The van der Waals surface area contributed by atoms with Gasteiger partial charge in [-0.05, 0) is 125 Å². The van der Waals surface area contributed by atoms with Crippen molar-refractivity contribution in [3.63, 3.8) is 0 Å². The number of thioether (sulfide) groups is 1. The van der Waals surface area contributed by atoms with Crippen molar-refractivity contribution in [2.75, 3.05) is 31.7 Å². The number of aliphatic carboxylic acids is 1. The fourth-order valence-electron chi connectivity index (χ4n) is 9.22. The highest BCUT2D eigenvalue weighted by Crippen LogP contribution is 2.16. The third-order valence-corrected chi connectivity index (χ3v) is 15.1. The van der Waals surface area contributed by atoms with E-state index in [1.54, 1.807) is 79.3 Å². The van der Waals surface area contributed by atoms with Crippen molar-refractivity contribution in [1.82, 2.24) is 47.9 Å². The lowest BCUT2D eigenvalue weighted by atomic mass is 10.0. The van der Waals surface area contributed by atoms with Crippen molar-refractivity contribution in [2.45, 2.75) is 166 Å². The smallest absolute Gasteiger partial charge is 0.303 e. The number of unbranched alkanes of at least 4 members (excludes halogenated alkanes) is 2. The Hall–Kier alpha value is -8.14. The summed E-state index contributed by atoms with van der Waals surface area (Å²) >= 11 is 1.58. The molecule has 3 aromatic rings. The number of nitrogens with two attached hydrogens (primary N) is 3. The average molecular weight is 1260 g/mol. The lowest BCUT2D eigenvalue weighted by Gasteiger charge is -2.28. The second-order valence-corrected chi connectivity index (χ2v) is 23.4. The number of phenolic OH excluding ortho intramolecular Hbond substituents is 1. The lowest BCUT2D eigenvalue weighted by molar-refractivity contribution is -0.139. The van der Waals surface area contributed by atoms with E-state index in [4.69, 9.17) is 17.2 Å². The Morgan fingerprint density at radius 3 is 1.21 bits per heavy atom. The molecule has 10 amide bonds. The van der Waals surface area contributed by atoms with E-state index in [1.165, 1.54) is 31.2 Å². The average Bonchev–Trinajstić information content (AvgIpc) is 2.72. The normalized spacial score (nSPS) is 14.5. The summed E-state index contributed by atoms with van der Waals surface area (Å²) in [4.78, 5) is 151. The molecule has 10 atom stereocenters. The van der Waals surface area contributed by atoms with Gasteiger partial charge in [0, 0.05) is 31.6 Å². The molecule has 0 unspecified atom stereocenters. The van der Waals surface area contributed by atoms with Gasteiger partial charge in [0.1, 0.15) is 60.1 Å². The third kappa shape index (κ3) is 28.3. The zero-order valence-electron chi connectivity index (χ0n) is 51.4. The minimum atomic E-state index is -1.83. The van der Waals surface area contributed by atoms with Gasteiger partial charge in [0.2, 0.25) is 59.1 Å². The molecule has 0 aromatic heterocycles. The number of aromatic hydroxyl groups is 1. The number of amides is 10. The number of hydrogen-bond acceptors (Lipinski definition) is 16. The van der Waals surface area contributed by atoms with E-state index in [2.05, 4.69) is 47.9 Å². The number of carbonyl (C=O) groups excluding carboxylic acids is 10. The first-order valence-electron chi connectivity index (χ1n) is 30.0. The molecule has 27 heteroatoms. The Balaban J connectivity index is 1.93. The van der Waals surface area contributed by atoms with Crippen LogP contribution in [-0.2, 0) is 72.0 Å². The minimum absolute atomic E-state index is 0.00620. The van der Waals surface area contributed by atoms with E-state index in [1.807, 2.05) is 20.1 Å². The molecule has 18 N–H and O–H groups in total. The van der Waals surface area contributed by atoms with E-state index in [-0.39, 0.29) is 75.6 Å². The highest BCUT2D eigenvalue weighted by atomic mass is 32.2. The van der Waals surface area contributed by atoms with Crippen LogP contribution >= 0.6 is 11.8 Å². The van der Waals surface area contributed by atoms with Gasteiger partial charge >= 0.3 is 5.97 Å². The molecule has 89 heavy (non-hydrogen) atoms. The summed E-state index contributed by atoms with van der Waals surface area (Å²) in [7, 11) is 0. The predicted octanol–water partition coefficient (Wildman–Crippen LogP) is -0.161. The van der Waals surface area contributed by atoms with Crippen LogP contribution in [0.3, 0.4) is 0 Å². The third-order valence-electron chi connectivity index (χ3n) is 14.4. The van der Waals surface area contributed by atoms with Crippen molar-refractivity contribution in [1.29, 1.82) is 0 Å². The second kappa shape index (κ2) is 40.4. The zero-order valence-corrected chi connectivity index (χ0v) is 52.2. The molecule has 490 valence electrons. The summed E-state index contributed by atoms with van der Waals surface area (Å²) in [5.74, 6) is -9.49. The number of hydrogen-bond donors (Lipinski definition) is 15. The number of aliphatic hydroxyl groups is 1. The Morgan fingerprint density at radius 2 is 0.820 bits per heavy atom. The minimum Gasteiger partial charge on any atom is -0.508 e. The van der Waals surface area contributed by atoms with Crippen molar-refractivity contribution in [3.05, 3.63) is 102 Å².